The zero-order valence-corrected chi connectivity index (χ0v) is 15.3. The van der Waals surface area contributed by atoms with Crippen LogP contribution in [0.1, 0.15) is 30.4 Å². The molecule has 134 valence electrons. The zero-order valence-electron chi connectivity index (χ0n) is 15.3. The van der Waals surface area contributed by atoms with Gasteiger partial charge in [0, 0.05) is 11.8 Å². The van der Waals surface area contributed by atoms with Crippen molar-refractivity contribution < 1.29 is 19.0 Å². The van der Waals surface area contributed by atoms with Crippen LogP contribution in [-0.4, -0.2) is 51.1 Å². The van der Waals surface area contributed by atoms with E-state index in [1.807, 2.05) is 0 Å². The van der Waals surface area contributed by atoms with Gasteiger partial charge < -0.3 is 14.2 Å². The van der Waals surface area contributed by atoms with Gasteiger partial charge in [-0.1, -0.05) is 0 Å². The molecule has 0 saturated carbocycles. The van der Waals surface area contributed by atoms with Crippen LogP contribution in [0, 0.1) is 0 Å². The third kappa shape index (κ3) is 1.96. The highest BCUT2D eigenvalue weighted by atomic mass is 16.5. The maximum absolute atomic E-state index is 12.7. The van der Waals surface area contributed by atoms with Gasteiger partial charge in [-0.25, -0.2) is 0 Å². The quantitative estimate of drug-likeness (QED) is 0.844. The number of carbonyl (C=O) groups excluding carboxylic acids is 1. The fourth-order valence-corrected chi connectivity index (χ4v) is 5.33. The molecule has 0 bridgehead atoms. The minimum atomic E-state index is -0.214. The maximum Gasteiger partial charge on any atom is 0.198 e. The van der Waals surface area contributed by atoms with Gasteiger partial charge in [-0.3, -0.25) is 9.69 Å². The van der Waals surface area contributed by atoms with Gasteiger partial charge in [0.15, 0.2) is 23.0 Å². The van der Waals surface area contributed by atoms with Crippen molar-refractivity contribution >= 4 is 5.78 Å². The number of nitrogens with zero attached hydrogens (tertiary/aromatic N) is 1. The molecule has 2 unspecified atom stereocenters. The Morgan fingerprint density at radius 1 is 1.04 bits per heavy atom. The topological polar surface area (TPSA) is 48.0 Å². The monoisotopic (exact) mass is 343 g/mol. The summed E-state index contributed by atoms with van der Waals surface area (Å²) in [5.41, 5.74) is 2.12. The van der Waals surface area contributed by atoms with Crippen molar-refractivity contribution in [1.29, 1.82) is 0 Å². The first-order valence-corrected chi connectivity index (χ1v) is 8.78. The predicted molar refractivity (Wildman–Crippen MR) is 94.2 cm³/mol. The lowest BCUT2D eigenvalue weighted by atomic mass is 9.54. The van der Waals surface area contributed by atoms with E-state index in [0.29, 0.717) is 12.2 Å². The number of allylic oxidation sites excluding steroid dienone is 1. The Morgan fingerprint density at radius 2 is 1.76 bits per heavy atom. The van der Waals surface area contributed by atoms with E-state index >= 15 is 0 Å². The molecule has 0 N–H and O–H groups in total. The Labute approximate surface area is 148 Å². The highest BCUT2D eigenvalue weighted by Gasteiger charge is 2.63. The number of ketones is 1. The van der Waals surface area contributed by atoms with Crippen LogP contribution in [0.25, 0.3) is 0 Å². The van der Waals surface area contributed by atoms with Gasteiger partial charge in [-0.2, -0.15) is 0 Å². The van der Waals surface area contributed by atoms with Crippen LogP contribution < -0.4 is 9.47 Å². The summed E-state index contributed by atoms with van der Waals surface area (Å²) in [7, 11) is 7.07. The molecule has 0 amide bonds. The molecule has 1 heterocycles. The Hall–Kier alpha value is -2.01. The van der Waals surface area contributed by atoms with Crippen molar-refractivity contribution in [3.8, 4) is 11.5 Å². The second-order valence-electron chi connectivity index (χ2n) is 7.35. The Kier molecular flexibility index (Phi) is 3.62. The first-order chi connectivity index (χ1) is 12.0. The normalized spacial score (nSPS) is 30.9. The van der Waals surface area contributed by atoms with Gasteiger partial charge in [0.05, 0.1) is 26.9 Å². The minimum Gasteiger partial charge on any atom is -0.493 e. The first kappa shape index (κ1) is 16.5. The lowest BCUT2D eigenvalue weighted by Crippen LogP contribution is -2.59. The molecule has 1 aromatic carbocycles. The summed E-state index contributed by atoms with van der Waals surface area (Å²) in [4.78, 5) is 15.1. The maximum atomic E-state index is 12.7. The molecule has 1 aromatic rings. The average molecular weight is 343 g/mol. The highest BCUT2D eigenvalue weighted by Crippen LogP contribution is 2.59. The van der Waals surface area contributed by atoms with Gasteiger partial charge in [-0.15, -0.1) is 0 Å². The molecule has 0 radical (unpaired) electrons. The summed E-state index contributed by atoms with van der Waals surface area (Å²) in [5, 5.41) is 0. The van der Waals surface area contributed by atoms with Crippen LogP contribution in [0.15, 0.2) is 24.0 Å². The van der Waals surface area contributed by atoms with Crippen LogP contribution in [0.3, 0.4) is 0 Å². The second kappa shape index (κ2) is 5.49. The first-order valence-electron chi connectivity index (χ1n) is 8.78. The standard InChI is InChI=1S/C20H25NO4/c1-21-8-7-19-11-15(22)18(25-4)12-20(19,21)6-5-13-9-16(23-2)17(24-3)10-14(13)19/h9-10,12H,5-8,11H2,1-4H3. The molecule has 2 atom stereocenters. The fourth-order valence-electron chi connectivity index (χ4n) is 5.33. The third-order valence-electron chi connectivity index (χ3n) is 6.61. The molecule has 1 aliphatic heterocycles. The number of hydrogen-bond acceptors (Lipinski definition) is 5. The second-order valence-corrected chi connectivity index (χ2v) is 7.35. The number of ether oxygens (including phenoxy) is 3. The van der Waals surface area contributed by atoms with Crippen molar-refractivity contribution in [2.24, 2.45) is 0 Å². The molecule has 1 fully saturated rings. The Bertz CT molecular complexity index is 771. The van der Waals surface area contributed by atoms with Gasteiger partial charge in [0.1, 0.15) is 0 Å². The summed E-state index contributed by atoms with van der Waals surface area (Å²) in [6.07, 6.45) is 5.46. The molecule has 0 aromatic heterocycles. The fraction of sp³-hybridized carbons (Fsp3) is 0.550. The van der Waals surface area contributed by atoms with E-state index in [2.05, 4.69) is 30.2 Å². The third-order valence-corrected chi connectivity index (χ3v) is 6.61. The van der Waals surface area contributed by atoms with Crippen molar-refractivity contribution in [2.75, 3.05) is 34.9 Å². The molecule has 4 rings (SSSR count). The van der Waals surface area contributed by atoms with Crippen molar-refractivity contribution in [3.63, 3.8) is 0 Å². The molecule has 0 spiro atoms. The van der Waals surface area contributed by atoms with E-state index in [4.69, 9.17) is 14.2 Å². The number of fused-ring (bicyclic) bond motifs is 1. The summed E-state index contributed by atoms with van der Waals surface area (Å²) in [6.45, 7) is 0.967. The van der Waals surface area contributed by atoms with Gasteiger partial charge in [-0.05, 0) is 62.2 Å². The van der Waals surface area contributed by atoms with Crippen LogP contribution >= 0.6 is 0 Å². The lowest BCUT2D eigenvalue weighted by Gasteiger charge is -2.53. The number of aryl methyl sites for hydroxylation is 1. The summed E-state index contributed by atoms with van der Waals surface area (Å²) < 4.78 is 16.5. The van der Waals surface area contributed by atoms with E-state index in [1.165, 1.54) is 11.1 Å². The van der Waals surface area contributed by atoms with Crippen LogP contribution in [0.2, 0.25) is 0 Å². The van der Waals surface area contributed by atoms with E-state index in [1.54, 1.807) is 21.3 Å². The highest BCUT2D eigenvalue weighted by molar-refractivity contribution is 5.96. The molecular weight excluding hydrogens is 318 g/mol. The number of rotatable bonds is 3. The molecule has 25 heavy (non-hydrogen) atoms. The van der Waals surface area contributed by atoms with Crippen LogP contribution in [0.5, 0.6) is 11.5 Å². The number of hydrogen-bond donors (Lipinski definition) is 0. The van der Waals surface area contributed by atoms with Gasteiger partial charge in [0.25, 0.3) is 0 Å². The zero-order chi connectivity index (χ0) is 17.8. The Balaban J connectivity index is 1.97. The number of likely N-dealkylation sites (N-methyl/N-ethyl adjacent to an activating group) is 1. The van der Waals surface area contributed by atoms with E-state index in [0.717, 1.165) is 37.3 Å². The lowest BCUT2D eigenvalue weighted by molar-refractivity contribution is -0.122. The van der Waals surface area contributed by atoms with E-state index < -0.39 is 0 Å². The smallest absolute Gasteiger partial charge is 0.198 e. The molecule has 5 nitrogen and oxygen atoms in total. The van der Waals surface area contributed by atoms with Gasteiger partial charge >= 0.3 is 0 Å². The van der Waals surface area contributed by atoms with Crippen molar-refractivity contribution in [1.82, 2.24) is 4.90 Å². The SMILES string of the molecule is COC1=CC23CCc4cc(OC)c(OC)cc4C2(CCN3C)CC1=O. The van der Waals surface area contributed by atoms with Crippen LogP contribution in [-0.2, 0) is 21.4 Å². The Morgan fingerprint density at radius 3 is 2.44 bits per heavy atom. The molecular formula is C20H25NO4. The van der Waals surface area contributed by atoms with Crippen molar-refractivity contribution in [2.45, 2.75) is 36.6 Å². The number of methoxy groups -OCH3 is 3. The molecule has 3 aliphatic rings. The largest absolute Gasteiger partial charge is 0.493 e. The van der Waals surface area contributed by atoms with Crippen molar-refractivity contribution in [3.05, 3.63) is 35.1 Å². The molecule has 1 saturated heterocycles. The summed E-state index contributed by atoms with van der Waals surface area (Å²) >= 11 is 0. The summed E-state index contributed by atoms with van der Waals surface area (Å²) in [6, 6.07) is 4.19. The van der Waals surface area contributed by atoms with Crippen LogP contribution in [0.4, 0.5) is 0 Å². The minimum absolute atomic E-state index is 0.0936. The average Bonchev–Trinajstić information content (AvgIpc) is 2.93. The number of carbonyl (C=O) groups is 1. The molecule has 2 aliphatic carbocycles. The number of benzene rings is 1. The summed E-state index contributed by atoms with van der Waals surface area (Å²) in [5.74, 6) is 2.09. The van der Waals surface area contributed by atoms with Gasteiger partial charge in [0.2, 0.25) is 0 Å². The number of likely N-dealkylation sites (tertiary alicyclic amines) is 1. The van der Waals surface area contributed by atoms with E-state index in [-0.39, 0.29) is 16.7 Å². The van der Waals surface area contributed by atoms with E-state index in [9.17, 15) is 4.79 Å². The number of Topliss-reactive ketones (excluding diaryl/α,β-unsaturated/α-hetero) is 1. The predicted octanol–water partition coefficient (Wildman–Crippen LogP) is 2.47. The molecule has 5 heteroatoms.